The van der Waals surface area contributed by atoms with Gasteiger partial charge >= 0.3 is 0 Å². The van der Waals surface area contributed by atoms with E-state index in [0.29, 0.717) is 20.6 Å². The number of amides is 1. The first-order valence-electron chi connectivity index (χ1n) is 7.40. The van der Waals surface area contributed by atoms with Crippen LogP contribution >= 0.6 is 46.6 Å². The number of carbonyl (C=O) groups is 1. The van der Waals surface area contributed by atoms with Crippen LogP contribution in [-0.4, -0.2) is 5.91 Å². The molecule has 0 N–H and O–H groups in total. The van der Waals surface area contributed by atoms with Gasteiger partial charge in [0, 0.05) is 20.4 Å². The van der Waals surface area contributed by atoms with E-state index >= 15 is 0 Å². The molecule has 0 aliphatic carbocycles. The molecular formula is C19H10Cl3NOS. The van der Waals surface area contributed by atoms with Crippen LogP contribution in [0.1, 0.15) is 10.4 Å². The summed E-state index contributed by atoms with van der Waals surface area (Å²) in [6, 6.07) is 18.2. The van der Waals surface area contributed by atoms with Crippen LogP contribution in [0.3, 0.4) is 0 Å². The van der Waals surface area contributed by atoms with Crippen molar-refractivity contribution in [1.82, 2.24) is 0 Å². The number of halogens is 3. The van der Waals surface area contributed by atoms with Gasteiger partial charge in [-0.3, -0.25) is 9.69 Å². The molecule has 0 spiro atoms. The fourth-order valence-corrected chi connectivity index (χ4v) is 4.21. The SMILES string of the molecule is O=C(c1ccc(Cl)c(Cl)c1)N1c2ccccc2Sc2ccc(Cl)cc21. The Balaban J connectivity index is 1.89. The number of rotatable bonds is 1. The lowest BCUT2D eigenvalue weighted by Crippen LogP contribution is -2.28. The number of para-hydroxylation sites is 1. The van der Waals surface area contributed by atoms with Gasteiger partial charge in [0.05, 0.1) is 21.4 Å². The topological polar surface area (TPSA) is 20.3 Å². The monoisotopic (exact) mass is 405 g/mol. The Morgan fingerprint density at radius 3 is 2.36 bits per heavy atom. The van der Waals surface area contributed by atoms with Crippen molar-refractivity contribution in [2.75, 3.05) is 4.90 Å². The molecule has 1 aliphatic heterocycles. The quantitative estimate of drug-likeness (QED) is 0.430. The zero-order valence-corrected chi connectivity index (χ0v) is 15.8. The molecular weight excluding hydrogens is 397 g/mol. The van der Waals surface area contributed by atoms with Crippen molar-refractivity contribution in [2.24, 2.45) is 0 Å². The van der Waals surface area contributed by atoms with Crippen LogP contribution in [0, 0.1) is 0 Å². The van der Waals surface area contributed by atoms with Gasteiger partial charge in [-0.15, -0.1) is 0 Å². The number of carbonyl (C=O) groups excluding carboxylic acids is 1. The van der Waals surface area contributed by atoms with E-state index in [1.165, 1.54) is 0 Å². The number of hydrogen-bond donors (Lipinski definition) is 0. The number of nitrogens with zero attached hydrogens (tertiary/aromatic N) is 1. The number of fused-ring (bicyclic) bond motifs is 2. The summed E-state index contributed by atoms with van der Waals surface area (Å²) < 4.78 is 0. The van der Waals surface area contributed by atoms with Crippen molar-refractivity contribution in [3.8, 4) is 0 Å². The minimum Gasteiger partial charge on any atom is -0.275 e. The van der Waals surface area contributed by atoms with Crippen molar-refractivity contribution in [3.05, 3.63) is 81.3 Å². The van der Waals surface area contributed by atoms with E-state index in [2.05, 4.69) is 0 Å². The lowest BCUT2D eigenvalue weighted by molar-refractivity contribution is 0.0998. The van der Waals surface area contributed by atoms with Crippen LogP contribution in [0.5, 0.6) is 0 Å². The maximum Gasteiger partial charge on any atom is 0.262 e. The summed E-state index contributed by atoms with van der Waals surface area (Å²) in [4.78, 5) is 16.9. The van der Waals surface area contributed by atoms with E-state index in [1.54, 1.807) is 40.9 Å². The average Bonchev–Trinajstić information content (AvgIpc) is 2.61. The smallest absolute Gasteiger partial charge is 0.262 e. The van der Waals surface area contributed by atoms with Crippen LogP contribution in [0.4, 0.5) is 11.4 Å². The van der Waals surface area contributed by atoms with Gasteiger partial charge in [0.2, 0.25) is 0 Å². The average molecular weight is 407 g/mol. The Bertz CT molecular complexity index is 1010. The van der Waals surface area contributed by atoms with E-state index < -0.39 is 0 Å². The number of benzene rings is 3. The second-order valence-corrected chi connectivity index (χ2v) is 7.79. The van der Waals surface area contributed by atoms with E-state index in [0.717, 1.165) is 21.2 Å². The largest absolute Gasteiger partial charge is 0.275 e. The van der Waals surface area contributed by atoms with Crippen LogP contribution in [-0.2, 0) is 0 Å². The van der Waals surface area contributed by atoms with Crippen LogP contribution in [0.25, 0.3) is 0 Å². The molecule has 0 fully saturated rings. The molecule has 0 unspecified atom stereocenters. The normalized spacial score (nSPS) is 12.5. The zero-order valence-electron chi connectivity index (χ0n) is 12.7. The fraction of sp³-hybridized carbons (Fsp3) is 0. The third kappa shape index (κ3) is 3.02. The highest BCUT2D eigenvalue weighted by atomic mass is 35.5. The van der Waals surface area contributed by atoms with Crippen molar-refractivity contribution < 1.29 is 4.79 Å². The molecule has 1 heterocycles. The van der Waals surface area contributed by atoms with Crippen molar-refractivity contribution in [3.63, 3.8) is 0 Å². The molecule has 0 atom stereocenters. The predicted octanol–water partition coefficient (Wildman–Crippen LogP) is 7.09. The van der Waals surface area contributed by atoms with Crippen LogP contribution < -0.4 is 4.90 Å². The molecule has 3 aromatic rings. The Hall–Kier alpha value is -1.65. The summed E-state index contributed by atoms with van der Waals surface area (Å²) in [5.74, 6) is -0.185. The molecule has 6 heteroatoms. The van der Waals surface area contributed by atoms with Gasteiger partial charge in [-0.2, -0.15) is 0 Å². The third-order valence-corrected chi connectivity index (χ3v) is 5.96. The Morgan fingerprint density at radius 2 is 1.56 bits per heavy atom. The van der Waals surface area contributed by atoms with Gasteiger partial charge in [0.15, 0.2) is 0 Å². The lowest BCUT2D eigenvalue weighted by Gasteiger charge is -2.31. The number of anilines is 2. The standard InChI is InChI=1S/C19H10Cl3NOS/c20-12-6-8-18-16(10-12)23(15-3-1-2-4-17(15)25-18)19(24)11-5-7-13(21)14(22)9-11/h1-10H. The molecule has 1 aliphatic rings. The molecule has 0 aromatic heterocycles. The lowest BCUT2D eigenvalue weighted by atomic mass is 10.1. The molecule has 2 nitrogen and oxygen atoms in total. The Kier molecular flexibility index (Phi) is 4.42. The second kappa shape index (κ2) is 6.58. The first-order chi connectivity index (χ1) is 12.0. The van der Waals surface area contributed by atoms with Crippen LogP contribution in [0.15, 0.2) is 70.5 Å². The summed E-state index contributed by atoms with van der Waals surface area (Å²) in [7, 11) is 0. The van der Waals surface area contributed by atoms with Gasteiger partial charge < -0.3 is 0 Å². The predicted molar refractivity (Wildman–Crippen MR) is 105 cm³/mol. The molecule has 0 bridgehead atoms. The van der Waals surface area contributed by atoms with Gasteiger partial charge in [-0.1, -0.05) is 58.7 Å². The van der Waals surface area contributed by atoms with Gasteiger partial charge in [0.1, 0.15) is 0 Å². The second-order valence-electron chi connectivity index (χ2n) is 5.45. The molecule has 25 heavy (non-hydrogen) atoms. The van der Waals surface area contributed by atoms with E-state index in [-0.39, 0.29) is 5.91 Å². The molecule has 0 radical (unpaired) electrons. The Morgan fingerprint density at radius 1 is 0.800 bits per heavy atom. The van der Waals surface area contributed by atoms with Crippen molar-refractivity contribution in [2.45, 2.75) is 9.79 Å². The van der Waals surface area contributed by atoms with Gasteiger partial charge in [0.25, 0.3) is 5.91 Å². The summed E-state index contributed by atoms with van der Waals surface area (Å²) in [6.07, 6.45) is 0. The summed E-state index contributed by atoms with van der Waals surface area (Å²) in [5.41, 5.74) is 2.03. The van der Waals surface area contributed by atoms with Crippen molar-refractivity contribution in [1.29, 1.82) is 0 Å². The van der Waals surface area contributed by atoms with E-state index in [4.69, 9.17) is 34.8 Å². The first-order valence-corrected chi connectivity index (χ1v) is 9.35. The third-order valence-electron chi connectivity index (χ3n) is 3.86. The maximum atomic E-state index is 13.3. The fourth-order valence-electron chi connectivity index (χ4n) is 2.71. The van der Waals surface area contributed by atoms with Crippen molar-refractivity contribution >= 4 is 63.8 Å². The summed E-state index contributed by atoms with van der Waals surface area (Å²) in [5, 5.41) is 1.33. The van der Waals surface area contributed by atoms with Gasteiger partial charge in [-0.05, 0) is 48.5 Å². The molecule has 124 valence electrons. The van der Waals surface area contributed by atoms with E-state index in [9.17, 15) is 4.79 Å². The minimum absolute atomic E-state index is 0.185. The minimum atomic E-state index is -0.185. The molecule has 0 saturated carbocycles. The maximum absolute atomic E-state index is 13.3. The van der Waals surface area contributed by atoms with E-state index in [1.807, 2.05) is 36.4 Å². The molecule has 0 saturated heterocycles. The number of hydrogen-bond acceptors (Lipinski definition) is 2. The summed E-state index contributed by atoms with van der Waals surface area (Å²) >= 11 is 19.9. The van der Waals surface area contributed by atoms with Gasteiger partial charge in [-0.25, -0.2) is 0 Å². The zero-order chi connectivity index (χ0) is 17.6. The molecule has 4 rings (SSSR count). The molecule has 1 amide bonds. The summed E-state index contributed by atoms with van der Waals surface area (Å²) in [6.45, 7) is 0. The Labute approximate surface area is 164 Å². The van der Waals surface area contributed by atoms with Crippen LogP contribution in [0.2, 0.25) is 15.1 Å². The molecule has 3 aromatic carbocycles. The highest BCUT2D eigenvalue weighted by Gasteiger charge is 2.29. The highest BCUT2D eigenvalue weighted by molar-refractivity contribution is 7.99. The first kappa shape index (κ1) is 16.8. The highest BCUT2D eigenvalue weighted by Crippen LogP contribution is 2.49.